The number of hydrogen-bond donors (Lipinski definition) is 0. The zero-order valence-electron chi connectivity index (χ0n) is 22.8. The van der Waals surface area contributed by atoms with E-state index < -0.39 is 0 Å². The van der Waals surface area contributed by atoms with Gasteiger partial charge in [0.2, 0.25) is 0 Å². The van der Waals surface area contributed by atoms with E-state index in [2.05, 4.69) is 128 Å². The van der Waals surface area contributed by atoms with E-state index in [9.17, 15) is 0 Å². The molecule has 5 aromatic rings. The van der Waals surface area contributed by atoms with Crippen LogP contribution in [0.4, 0.5) is 0 Å². The summed E-state index contributed by atoms with van der Waals surface area (Å²) in [5, 5.41) is 2.81. The highest BCUT2D eigenvalue weighted by Crippen LogP contribution is 2.51. The number of benzene rings is 4. The molecule has 0 spiro atoms. The van der Waals surface area contributed by atoms with E-state index in [-0.39, 0.29) is 16.2 Å². The molecule has 182 valence electrons. The summed E-state index contributed by atoms with van der Waals surface area (Å²) in [5.41, 5.74) is 11.4. The van der Waals surface area contributed by atoms with Gasteiger partial charge in [0, 0.05) is 25.6 Å². The quantitative estimate of drug-likeness (QED) is 0.220. The van der Waals surface area contributed by atoms with Crippen molar-refractivity contribution in [2.45, 2.75) is 71.6 Å². The summed E-state index contributed by atoms with van der Waals surface area (Å²) >= 11 is 1.92. The molecule has 0 atom stereocenters. The maximum atomic E-state index is 2.47. The third-order valence-corrected chi connectivity index (χ3v) is 9.28. The second-order valence-electron chi connectivity index (χ2n) is 13.1. The molecule has 1 heteroatoms. The average molecular weight is 489 g/mol. The van der Waals surface area contributed by atoms with Crippen LogP contribution in [0.15, 0.2) is 72.8 Å². The lowest BCUT2D eigenvalue weighted by Gasteiger charge is -2.25. The number of hydrogen-bond acceptors (Lipinski definition) is 1. The molecule has 1 aliphatic rings. The van der Waals surface area contributed by atoms with Gasteiger partial charge in [-0.05, 0) is 79.6 Å². The predicted molar refractivity (Wildman–Crippen MR) is 160 cm³/mol. The Bertz CT molecular complexity index is 1660. The number of fused-ring (bicyclic) bond motifs is 6. The maximum absolute atomic E-state index is 2.47. The first-order valence-electron chi connectivity index (χ1n) is 13.1. The highest BCUT2D eigenvalue weighted by atomic mass is 32.1. The Morgan fingerprint density at radius 3 is 1.97 bits per heavy atom. The Labute approximate surface area is 220 Å². The molecule has 4 aromatic carbocycles. The van der Waals surface area contributed by atoms with Crippen molar-refractivity contribution in [1.29, 1.82) is 0 Å². The van der Waals surface area contributed by atoms with E-state index in [0.717, 1.165) is 0 Å². The third kappa shape index (κ3) is 3.47. The van der Waals surface area contributed by atoms with Crippen molar-refractivity contribution in [2.24, 2.45) is 0 Å². The lowest BCUT2D eigenvalue weighted by molar-refractivity contribution is 0.584. The zero-order valence-corrected chi connectivity index (χ0v) is 23.7. The first kappa shape index (κ1) is 23.5. The van der Waals surface area contributed by atoms with Gasteiger partial charge in [0.05, 0.1) is 0 Å². The Morgan fingerprint density at radius 2 is 1.28 bits per heavy atom. The van der Waals surface area contributed by atoms with Gasteiger partial charge in [-0.2, -0.15) is 0 Å². The van der Waals surface area contributed by atoms with Gasteiger partial charge in [-0.15, -0.1) is 11.3 Å². The smallest absolute Gasteiger partial charge is 0.0364 e. The van der Waals surface area contributed by atoms with Gasteiger partial charge in [0.25, 0.3) is 0 Å². The maximum Gasteiger partial charge on any atom is 0.0364 e. The first-order chi connectivity index (χ1) is 16.9. The average Bonchev–Trinajstić information content (AvgIpc) is 3.29. The summed E-state index contributed by atoms with van der Waals surface area (Å²) in [6.07, 6.45) is 0. The van der Waals surface area contributed by atoms with E-state index >= 15 is 0 Å². The minimum Gasteiger partial charge on any atom is -0.135 e. The summed E-state index contributed by atoms with van der Waals surface area (Å²) in [5.74, 6) is 0. The molecule has 0 unspecified atom stereocenters. The minimum absolute atomic E-state index is 0.0174. The molecule has 1 aromatic heterocycles. The van der Waals surface area contributed by atoms with E-state index in [1.165, 1.54) is 64.7 Å². The van der Waals surface area contributed by atoms with Crippen LogP contribution < -0.4 is 0 Å². The molecule has 0 bridgehead atoms. The second-order valence-corrected chi connectivity index (χ2v) is 14.2. The molecule has 0 N–H and O–H groups in total. The monoisotopic (exact) mass is 488 g/mol. The van der Waals surface area contributed by atoms with Crippen molar-refractivity contribution in [3.05, 3.63) is 95.1 Å². The highest BCUT2D eigenvalue weighted by molar-refractivity contribution is 7.25. The first-order valence-corrected chi connectivity index (χ1v) is 13.9. The van der Waals surface area contributed by atoms with Crippen LogP contribution in [0.1, 0.15) is 77.6 Å². The van der Waals surface area contributed by atoms with Gasteiger partial charge in [0.15, 0.2) is 0 Å². The van der Waals surface area contributed by atoms with Crippen LogP contribution >= 0.6 is 11.3 Å². The van der Waals surface area contributed by atoms with Crippen molar-refractivity contribution in [3.8, 4) is 22.3 Å². The third-order valence-electron chi connectivity index (χ3n) is 8.16. The fraction of sp³-hybridized carbons (Fsp3) is 0.314. The van der Waals surface area contributed by atoms with Crippen LogP contribution in [0.2, 0.25) is 0 Å². The van der Waals surface area contributed by atoms with E-state index in [0.29, 0.717) is 0 Å². The van der Waals surface area contributed by atoms with Gasteiger partial charge < -0.3 is 0 Å². The molecule has 1 aliphatic carbocycles. The molecule has 0 fully saturated rings. The Hall–Kier alpha value is -2.90. The Morgan fingerprint density at radius 1 is 0.611 bits per heavy atom. The molecule has 0 nitrogen and oxygen atoms in total. The minimum atomic E-state index is -0.0174. The summed E-state index contributed by atoms with van der Waals surface area (Å²) in [7, 11) is 0. The van der Waals surface area contributed by atoms with Gasteiger partial charge in [-0.25, -0.2) is 0 Å². The fourth-order valence-corrected chi connectivity index (χ4v) is 7.17. The molecule has 36 heavy (non-hydrogen) atoms. The summed E-state index contributed by atoms with van der Waals surface area (Å²) in [6.45, 7) is 18.7. The lowest BCUT2D eigenvalue weighted by atomic mass is 9.78. The molecule has 0 radical (unpaired) electrons. The molecule has 6 rings (SSSR count). The standard InChI is InChI=1S/C35H36S/c1-33(2,3)23-14-16-25-24-15-13-21(17-27(24)35(7,8)28(25)20-23)22-18-29(34(4,5)6)32-26-11-9-10-12-30(26)36-31(32)19-22/h9-20H,1-8H3. The molecule has 0 saturated carbocycles. The lowest BCUT2D eigenvalue weighted by Crippen LogP contribution is -2.17. The van der Waals surface area contributed by atoms with Crippen molar-refractivity contribution < 1.29 is 0 Å². The molecular formula is C35H36S. The van der Waals surface area contributed by atoms with Gasteiger partial charge >= 0.3 is 0 Å². The van der Waals surface area contributed by atoms with Gasteiger partial charge in [0.1, 0.15) is 0 Å². The largest absolute Gasteiger partial charge is 0.135 e. The molecule has 0 aliphatic heterocycles. The Balaban J connectivity index is 1.55. The predicted octanol–water partition coefficient (Wildman–Crippen LogP) is 10.6. The van der Waals surface area contributed by atoms with E-state index in [4.69, 9.17) is 0 Å². The van der Waals surface area contributed by atoms with E-state index in [1.807, 2.05) is 11.3 Å². The highest BCUT2D eigenvalue weighted by Gasteiger charge is 2.36. The molecule has 1 heterocycles. The van der Waals surface area contributed by atoms with Gasteiger partial charge in [-0.1, -0.05) is 104 Å². The van der Waals surface area contributed by atoms with Crippen molar-refractivity contribution in [3.63, 3.8) is 0 Å². The van der Waals surface area contributed by atoms with Crippen LogP contribution in [-0.2, 0) is 16.2 Å². The SMILES string of the molecule is CC(C)(C)c1ccc2c(c1)C(C)(C)c1cc(-c3cc(C(C)(C)C)c4c(c3)sc3ccccc34)ccc1-2. The molecule has 0 saturated heterocycles. The van der Waals surface area contributed by atoms with Crippen molar-refractivity contribution in [2.75, 3.05) is 0 Å². The summed E-state index contributed by atoms with van der Waals surface area (Å²) < 4.78 is 2.76. The van der Waals surface area contributed by atoms with Crippen LogP contribution in [0, 0.1) is 0 Å². The van der Waals surface area contributed by atoms with Crippen molar-refractivity contribution >= 4 is 31.5 Å². The number of rotatable bonds is 1. The second kappa shape index (κ2) is 7.56. The molecular weight excluding hydrogens is 452 g/mol. The normalized spacial score (nSPS) is 14.9. The molecule has 0 amide bonds. The topological polar surface area (TPSA) is 0 Å². The summed E-state index contributed by atoms with van der Waals surface area (Å²) in [6, 6.07) is 28.0. The zero-order chi connectivity index (χ0) is 25.6. The van der Waals surface area contributed by atoms with E-state index in [1.54, 1.807) is 0 Å². The Kier molecular flexibility index (Phi) is 4.93. The van der Waals surface area contributed by atoms with Crippen molar-refractivity contribution in [1.82, 2.24) is 0 Å². The van der Waals surface area contributed by atoms with Crippen LogP contribution in [0.25, 0.3) is 42.4 Å². The van der Waals surface area contributed by atoms with Crippen LogP contribution in [0.3, 0.4) is 0 Å². The van der Waals surface area contributed by atoms with Crippen LogP contribution in [-0.4, -0.2) is 0 Å². The van der Waals surface area contributed by atoms with Gasteiger partial charge in [-0.3, -0.25) is 0 Å². The number of thiophene rings is 1. The van der Waals surface area contributed by atoms with Crippen LogP contribution in [0.5, 0.6) is 0 Å². The fourth-order valence-electron chi connectivity index (χ4n) is 6.00. The summed E-state index contributed by atoms with van der Waals surface area (Å²) in [4.78, 5) is 0.